The van der Waals surface area contributed by atoms with E-state index in [0.29, 0.717) is 6.54 Å². The maximum Gasteiger partial charge on any atom is 0.237 e. The second-order valence-electron chi connectivity index (χ2n) is 5.57. The number of amides is 1. The molecule has 0 aliphatic carbocycles. The number of nitrogens with one attached hydrogen (secondary N) is 2. The second-order valence-corrected chi connectivity index (χ2v) is 6.71. The average Bonchev–Trinajstić information content (AvgIpc) is 3.11. The lowest BCUT2D eigenvalue weighted by atomic mass is 10.2. The highest BCUT2D eigenvalue weighted by Crippen LogP contribution is 2.27. The van der Waals surface area contributed by atoms with Gasteiger partial charge in [0.25, 0.3) is 0 Å². The first kappa shape index (κ1) is 16.0. The minimum Gasteiger partial charge on any atom is -0.351 e. The van der Waals surface area contributed by atoms with Crippen LogP contribution in [-0.4, -0.2) is 18.5 Å². The lowest BCUT2D eigenvalue weighted by Gasteiger charge is -2.11. The third-order valence-electron chi connectivity index (χ3n) is 3.82. The van der Waals surface area contributed by atoms with E-state index < -0.39 is 0 Å². The SMILES string of the molecule is O=C(NCc1ccc(Sc2ccc(F)cc2)cc1)C1CCCN1. The third-order valence-corrected chi connectivity index (χ3v) is 4.83. The molecule has 2 aromatic carbocycles. The van der Waals surface area contributed by atoms with Crippen molar-refractivity contribution in [3.63, 3.8) is 0 Å². The lowest BCUT2D eigenvalue weighted by molar-refractivity contribution is -0.122. The van der Waals surface area contributed by atoms with Gasteiger partial charge in [-0.3, -0.25) is 4.79 Å². The van der Waals surface area contributed by atoms with Gasteiger partial charge >= 0.3 is 0 Å². The average molecular weight is 330 g/mol. The molecule has 0 radical (unpaired) electrons. The Kier molecular flexibility index (Phi) is 5.31. The first-order chi connectivity index (χ1) is 11.2. The van der Waals surface area contributed by atoms with Crippen molar-refractivity contribution >= 4 is 17.7 Å². The number of rotatable bonds is 5. The van der Waals surface area contributed by atoms with Crippen molar-refractivity contribution in [2.24, 2.45) is 0 Å². The molecule has 3 nitrogen and oxygen atoms in total. The summed E-state index contributed by atoms with van der Waals surface area (Å²) in [5, 5.41) is 6.16. The Balaban J connectivity index is 1.52. The third kappa shape index (κ3) is 4.56. The molecular weight excluding hydrogens is 311 g/mol. The molecule has 1 fully saturated rings. The van der Waals surface area contributed by atoms with Crippen molar-refractivity contribution in [1.29, 1.82) is 0 Å². The van der Waals surface area contributed by atoms with Crippen molar-refractivity contribution in [3.05, 3.63) is 59.9 Å². The van der Waals surface area contributed by atoms with Crippen LogP contribution in [0.5, 0.6) is 0 Å². The summed E-state index contributed by atoms with van der Waals surface area (Å²) in [7, 11) is 0. The number of benzene rings is 2. The summed E-state index contributed by atoms with van der Waals surface area (Å²) in [4.78, 5) is 14.0. The van der Waals surface area contributed by atoms with Crippen LogP contribution >= 0.6 is 11.8 Å². The number of halogens is 1. The van der Waals surface area contributed by atoms with Crippen LogP contribution in [-0.2, 0) is 11.3 Å². The number of hydrogen-bond acceptors (Lipinski definition) is 3. The molecule has 1 amide bonds. The monoisotopic (exact) mass is 330 g/mol. The van der Waals surface area contributed by atoms with E-state index in [-0.39, 0.29) is 17.8 Å². The fourth-order valence-electron chi connectivity index (χ4n) is 2.53. The number of carbonyl (C=O) groups is 1. The summed E-state index contributed by atoms with van der Waals surface area (Å²) in [6, 6.07) is 14.5. The predicted molar refractivity (Wildman–Crippen MR) is 89.8 cm³/mol. The van der Waals surface area contributed by atoms with E-state index in [0.717, 1.165) is 34.7 Å². The van der Waals surface area contributed by atoms with E-state index in [1.165, 1.54) is 12.1 Å². The molecular formula is C18H19FN2OS. The lowest BCUT2D eigenvalue weighted by Crippen LogP contribution is -2.39. The summed E-state index contributed by atoms with van der Waals surface area (Å²) in [5.41, 5.74) is 1.07. The summed E-state index contributed by atoms with van der Waals surface area (Å²) in [6.45, 7) is 1.46. The van der Waals surface area contributed by atoms with Crippen molar-refractivity contribution < 1.29 is 9.18 Å². The maximum absolute atomic E-state index is 12.9. The van der Waals surface area contributed by atoms with Gasteiger partial charge in [-0.15, -0.1) is 0 Å². The van der Waals surface area contributed by atoms with Gasteiger partial charge < -0.3 is 10.6 Å². The molecule has 1 unspecified atom stereocenters. The smallest absolute Gasteiger partial charge is 0.237 e. The van der Waals surface area contributed by atoms with Gasteiger partial charge in [0, 0.05) is 16.3 Å². The molecule has 1 aliphatic heterocycles. The molecule has 1 atom stereocenters. The molecule has 1 aliphatic rings. The van der Waals surface area contributed by atoms with Gasteiger partial charge in [-0.05, 0) is 61.3 Å². The van der Waals surface area contributed by atoms with Crippen LogP contribution < -0.4 is 10.6 Å². The molecule has 2 aromatic rings. The fourth-order valence-corrected chi connectivity index (χ4v) is 3.35. The van der Waals surface area contributed by atoms with Crippen LogP contribution in [0.15, 0.2) is 58.3 Å². The normalized spacial score (nSPS) is 17.2. The molecule has 1 saturated heterocycles. The minimum atomic E-state index is -0.225. The van der Waals surface area contributed by atoms with E-state index in [9.17, 15) is 9.18 Å². The molecule has 3 rings (SSSR count). The zero-order chi connectivity index (χ0) is 16.1. The van der Waals surface area contributed by atoms with Gasteiger partial charge in [-0.2, -0.15) is 0 Å². The molecule has 23 heavy (non-hydrogen) atoms. The molecule has 0 aromatic heterocycles. The number of hydrogen-bond donors (Lipinski definition) is 2. The molecule has 120 valence electrons. The summed E-state index contributed by atoms with van der Waals surface area (Å²) in [6.07, 6.45) is 1.98. The Bertz CT molecular complexity index is 652. The van der Waals surface area contributed by atoms with Crippen molar-refractivity contribution in [2.45, 2.75) is 35.2 Å². The van der Waals surface area contributed by atoms with E-state index in [1.807, 2.05) is 24.3 Å². The van der Waals surface area contributed by atoms with E-state index >= 15 is 0 Å². The molecule has 0 spiro atoms. The van der Waals surface area contributed by atoms with Crippen LogP contribution in [0, 0.1) is 5.82 Å². The zero-order valence-electron chi connectivity index (χ0n) is 12.7. The highest BCUT2D eigenvalue weighted by Gasteiger charge is 2.21. The van der Waals surface area contributed by atoms with Crippen LogP contribution in [0.1, 0.15) is 18.4 Å². The maximum atomic E-state index is 12.9. The number of carbonyl (C=O) groups excluding carboxylic acids is 1. The van der Waals surface area contributed by atoms with Crippen LogP contribution in [0.25, 0.3) is 0 Å². The standard InChI is InChI=1S/C18H19FN2OS/c19-14-5-9-16(10-6-14)23-15-7-3-13(4-8-15)12-21-18(22)17-2-1-11-20-17/h3-10,17,20H,1-2,11-12H2,(H,21,22). The molecule has 5 heteroatoms. The Morgan fingerprint density at radius 3 is 2.39 bits per heavy atom. The van der Waals surface area contributed by atoms with Crippen LogP contribution in [0.3, 0.4) is 0 Å². The Morgan fingerprint density at radius 1 is 1.13 bits per heavy atom. The Labute approximate surface area is 139 Å². The van der Waals surface area contributed by atoms with Crippen molar-refractivity contribution in [3.8, 4) is 0 Å². The molecule has 2 N–H and O–H groups in total. The first-order valence-corrected chi connectivity index (χ1v) is 8.56. The van der Waals surface area contributed by atoms with E-state index in [4.69, 9.17) is 0 Å². The Hall–Kier alpha value is -1.85. The van der Waals surface area contributed by atoms with Gasteiger partial charge in [-0.25, -0.2) is 4.39 Å². The van der Waals surface area contributed by atoms with Gasteiger partial charge in [0.05, 0.1) is 6.04 Å². The van der Waals surface area contributed by atoms with Gasteiger partial charge in [0.15, 0.2) is 0 Å². The Morgan fingerprint density at radius 2 is 1.78 bits per heavy atom. The van der Waals surface area contributed by atoms with Gasteiger partial charge in [0.2, 0.25) is 5.91 Å². The van der Waals surface area contributed by atoms with Crippen molar-refractivity contribution in [2.75, 3.05) is 6.54 Å². The highest BCUT2D eigenvalue weighted by atomic mass is 32.2. The molecule has 0 bridgehead atoms. The molecule has 0 saturated carbocycles. The van der Waals surface area contributed by atoms with E-state index in [2.05, 4.69) is 10.6 Å². The van der Waals surface area contributed by atoms with Gasteiger partial charge in [0.1, 0.15) is 5.82 Å². The minimum absolute atomic E-state index is 0.0386. The van der Waals surface area contributed by atoms with Crippen molar-refractivity contribution in [1.82, 2.24) is 10.6 Å². The first-order valence-electron chi connectivity index (χ1n) is 7.74. The topological polar surface area (TPSA) is 41.1 Å². The van der Waals surface area contributed by atoms with Gasteiger partial charge in [-0.1, -0.05) is 23.9 Å². The van der Waals surface area contributed by atoms with Crippen LogP contribution in [0.2, 0.25) is 0 Å². The summed E-state index contributed by atoms with van der Waals surface area (Å²) in [5.74, 6) is -0.149. The summed E-state index contributed by atoms with van der Waals surface area (Å²) >= 11 is 1.59. The van der Waals surface area contributed by atoms with Crippen LogP contribution in [0.4, 0.5) is 4.39 Å². The predicted octanol–water partition coefficient (Wildman–Crippen LogP) is 3.35. The zero-order valence-corrected chi connectivity index (χ0v) is 13.5. The van der Waals surface area contributed by atoms with E-state index in [1.54, 1.807) is 23.9 Å². The molecule has 1 heterocycles. The largest absolute Gasteiger partial charge is 0.351 e. The quantitative estimate of drug-likeness (QED) is 0.883. The fraction of sp³-hybridized carbons (Fsp3) is 0.278. The summed E-state index contributed by atoms with van der Waals surface area (Å²) < 4.78 is 12.9. The second kappa shape index (κ2) is 7.62. The highest BCUT2D eigenvalue weighted by molar-refractivity contribution is 7.99.